The fraction of sp³-hybridized carbons (Fsp3) is 0.833. The lowest BCUT2D eigenvalue weighted by Crippen LogP contribution is -2.46. The lowest BCUT2D eigenvalue weighted by molar-refractivity contribution is -0.163. The van der Waals surface area contributed by atoms with Crippen LogP contribution < -0.4 is 0 Å². The molecule has 0 aromatic carbocycles. The van der Waals surface area contributed by atoms with Gasteiger partial charge in [-0.1, -0.05) is 39.8 Å². The third kappa shape index (κ3) is 6.81. The second kappa shape index (κ2) is 11.3. The van der Waals surface area contributed by atoms with Crippen molar-refractivity contribution >= 4 is 11.9 Å². The fourth-order valence-electron chi connectivity index (χ4n) is 5.27. The molecule has 2 aliphatic rings. The zero-order valence-electron chi connectivity index (χ0n) is 18.9. The van der Waals surface area contributed by atoms with Crippen LogP contribution in [0.15, 0.2) is 12.2 Å². The van der Waals surface area contributed by atoms with E-state index in [0.717, 1.165) is 25.7 Å². The quantitative estimate of drug-likeness (QED) is 0.364. The van der Waals surface area contributed by atoms with Crippen LogP contribution >= 0.6 is 0 Å². The lowest BCUT2D eigenvalue weighted by atomic mass is 9.60. The minimum atomic E-state index is -1.06. The number of aliphatic hydroxyl groups is 2. The van der Waals surface area contributed by atoms with Crippen molar-refractivity contribution < 1.29 is 29.6 Å². The molecule has 1 saturated carbocycles. The topological polar surface area (TPSA) is 104 Å². The zero-order chi connectivity index (χ0) is 22.4. The average Bonchev–Trinajstić information content (AvgIpc) is 2.65. The van der Waals surface area contributed by atoms with Crippen LogP contribution in [0.1, 0.15) is 72.6 Å². The number of aliphatic hydroxyl groups excluding tert-OH is 2. The van der Waals surface area contributed by atoms with Crippen molar-refractivity contribution in [2.75, 3.05) is 0 Å². The van der Waals surface area contributed by atoms with E-state index in [0.29, 0.717) is 24.2 Å². The molecule has 0 radical (unpaired) electrons. The predicted octanol–water partition coefficient (Wildman–Crippen LogP) is 3.80. The van der Waals surface area contributed by atoms with Gasteiger partial charge in [0.2, 0.25) is 0 Å². The highest BCUT2D eigenvalue weighted by Crippen LogP contribution is 2.47. The Bertz CT molecular complexity index is 603. The third-order valence-corrected chi connectivity index (χ3v) is 7.13. The van der Waals surface area contributed by atoms with E-state index < -0.39 is 18.2 Å². The van der Waals surface area contributed by atoms with Gasteiger partial charge in [-0.25, -0.2) is 0 Å². The maximum absolute atomic E-state index is 12.5. The molecule has 0 saturated heterocycles. The standard InChI is InChI=1S/C24H40O6/c1-5-15(3)24(29)30-21-11-14(2)10-17-7-6-16(4)20(23(17)21)9-8-18(25)12-19(26)13-22(27)28/h6-7,14-21,23,25-26H,5,8-13H2,1-4H3,(H,27,28)/t14-,15+,16+,17?,18-,19-,20+,21+,23+/m1/s1. The van der Waals surface area contributed by atoms with Gasteiger partial charge in [0.15, 0.2) is 0 Å². The van der Waals surface area contributed by atoms with E-state index in [-0.39, 0.29) is 42.7 Å². The Kier molecular flexibility index (Phi) is 9.35. The van der Waals surface area contributed by atoms with E-state index >= 15 is 0 Å². The van der Waals surface area contributed by atoms with Gasteiger partial charge in [0, 0.05) is 5.92 Å². The summed E-state index contributed by atoms with van der Waals surface area (Å²) < 4.78 is 6.04. The lowest BCUT2D eigenvalue weighted by Gasteiger charge is -2.47. The van der Waals surface area contributed by atoms with Crippen LogP contribution in [0.25, 0.3) is 0 Å². The van der Waals surface area contributed by atoms with Crippen LogP contribution in [-0.2, 0) is 14.3 Å². The highest BCUT2D eigenvalue weighted by atomic mass is 16.5. The van der Waals surface area contributed by atoms with Crippen LogP contribution in [0, 0.1) is 35.5 Å². The van der Waals surface area contributed by atoms with Crippen LogP contribution in [0.2, 0.25) is 0 Å². The van der Waals surface area contributed by atoms with Gasteiger partial charge in [0.25, 0.3) is 0 Å². The van der Waals surface area contributed by atoms with Gasteiger partial charge in [0.05, 0.1) is 24.5 Å². The van der Waals surface area contributed by atoms with Crippen molar-refractivity contribution in [1.29, 1.82) is 0 Å². The number of hydrogen-bond acceptors (Lipinski definition) is 5. The smallest absolute Gasteiger partial charge is 0.308 e. The SMILES string of the molecule is CC[C@H](C)C(=O)O[C@H]1C[C@H](C)CC2C=C[C@H](C)[C@H](CC[C@@H](O)C[C@@H](O)CC(=O)O)[C@H]21. The van der Waals surface area contributed by atoms with E-state index in [1.807, 2.05) is 13.8 Å². The summed E-state index contributed by atoms with van der Waals surface area (Å²) in [5.74, 6) is 0.433. The molecule has 2 aliphatic carbocycles. The van der Waals surface area contributed by atoms with Crippen molar-refractivity contribution in [3.05, 3.63) is 12.2 Å². The molecule has 0 aliphatic heterocycles. The highest BCUT2D eigenvalue weighted by Gasteiger charge is 2.45. The second-order valence-electron chi connectivity index (χ2n) is 9.73. The first-order valence-corrected chi connectivity index (χ1v) is 11.6. The Morgan fingerprint density at radius 1 is 1.13 bits per heavy atom. The summed E-state index contributed by atoms with van der Waals surface area (Å²) in [7, 11) is 0. The first kappa shape index (κ1) is 24.9. The third-order valence-electron chi connectivity index (χ3n) is 7.13. The van der Waals surface area contributed by atoms with Crippen molar-refractivity contribution in [2.45, 2.75) is 91.0 Å². The first-order chi connectivity index (χ1) is 14.1. The summed E-state index contributed by atoms with van der Waals surface area (Å²) >= 11 is 0. The molecule has 0 aromatic rings. The molecule has 1 unspecified atom stereocenters. The molecule has 0 heterocycles. The van der Waals surface area contributed by atoms with Gasteiger partial charge >= 0.3 is 11.9 Å². The van der Waals surface area contributed by atoms with E-state index in [1.54, 1.807) is 0 Å². The number of carboxylic acid groups (broad SMARTS) is 1. The number of carbonyl (C=O) groups is 2. The van der Waals surface area contributed by atoms with Gasteiger partial charge < -0.3 is 20.1 Å². The Morgan fingerprint density at radius 2 is 1.83 bits per heavy atom. The molecule has 0 amide bonds. The number of carbonyl (C=O) groups excluding carboxylic acids is 1. The van der Waals surface area contributed by atoms with E-state index in [9.17, 15) is 19.8 Å². The number of allylic oxidation sites excluding steroid dienone is 2. The molecule has 2 rings (SSSR count). The van der Waals surface area contributed by atoms with Crippen LogP contribution in [0.4, 0.5) is 0 Å². The molecule has 30 heavy (non-hydrogen) atoms. The Labute approximate surface area is 180 Å². The molecule has 0 spiro atoms. The first-order valence-electron chi connectivity index (χ1n) is 11.6. The molecular formula is C24H40O6. The van der Waals surface area contributed by atoms with Gasteiger partial charge in [-0.2, -0.15) is 0 Å². The monoisotopic (exact) mass is 424 g/mol. The van der Waals surface area contributed by atoms with Crippen LogP contribution in [0.3, 0.4) is 0 Å². The fourth-order valence-corrected chi connectivity index (χ4v) is 5.27. The summed E-state index contributed by atoms with van der Waals surface area (Å²) in [4.78, 5) is 23.3. The molecule has 6 heteroatoms. The summed E-state index contributed by atoms with van der Waals surface area (Å²) in [6.45, 7) is 8.29. The van der Waals surface area contributed by atoms with Crippen molar-refractivity contribution in [3.63, 3.8) is 0 Å². The number of esters is 1. The number of hydrogen-bond donors (Lipinski definition) is 3. The zero-order valence-corrected chi connectivity index (χ0v) is 18.9. The average molecular weight is 425 g/mol. The molecule has 3 N–H and O–H groups in total. The molecule has 6 nitrogen and oxygen atoms in total. The molecule has 1 fully saturated rings. The summed E-state index contributed by atoms with van der Waals surface area (Å²) in [6.07, 6.45) is 6.38. The van der Waals surface area contributed by atoms with Crippen LogP contribution in [-0.4, -0.2) is 45.6 Å². The van der Waals surface area contributed by atoms with Gasteiger partial charge in [-0.05, 0) is 62.2 Å². The summed E-state index contributed by atoms with van der Waals surface area (Å²) in [6, 6.07) is 0. The van der Waals surface area contributed by atoms with E-state index in [2.05, 4.69) is 26.0 Å². The van der Waals surface area contributed by atoms with Crippen LogP contribution in [0.5, 0.6) is 0 Å². The Morgan fingerprint density at radius 3 is 2.47 bits per heavy atom. The van der Waals surface area contributed by atoms with Gasteiger partial charge in [0.1, 0.15) is 6.10 Å². The maximum atomic E-state index is 12.5. The highest BCUT2D eigenvalue weighted by molar-refractivity contribution is 5.72. The largest absolute Gasteiger partial charge is 0.481 e. The molecule has 0 aromatic heterocycles. The normalized spacial score (nSPS) is 33.9. The van der Waals surface area contributed by atoms with E-state index in [1.165, 1.54) is 0 Å². The van der Waals surface area contributed by atoms with E-state index in [4.69, 9.17) is 9.84 Å². The molecule has 172 valence electrons. The summed E-state index contributed by atoms with van der Waals surface area (Å²) in [5, 5.41) is 28.9. The number of aliphatic carboxylic acids is 1. The number of carboxylic acids is 1. The van der Waals surface area contributed by atoms with Gasteiger partial charge in [-0.3, -0.25) is 9.59 Å². The van der Waals surface area contributed by atoms with Crippen molar-refractivity contribution in [2.24, 2.45) is 35.5 Å². The van der Waals surface area contributed by atoms with Gasteiger partial charge in [-0.15, -0.1) is 0 Å². The maximum Gasteiger partial charge on any atom is 0.308 e. The number of rotatable bonds is 10. The summed E-state index contributed by atoms with van der Waals surface area (Å²) in [5.41, 5.74) is 0. The molecular weight excluding hydrogens is 384 g/mol. The molecule has 0 bridgehead atoms. The number of ether oxygens (including phenoxy) is 1. The van der Waals surface area contributed by atoms with Crippen molar-refractivity contribution in [3.8, 4) is 0 Å². The predicted molar refractivity (Wildman–Crippen MR) is 115 cm³/mol. The number of fused-ring (bicyclic) bond motifs is 1. The second-order valence-corrected chi connectivity index (χ2v) is 9.73. The molecule has 9 atom stereocenters. The van der Waals surface area contributed by atoms with Crippen molar-refractivity contribution in [1.82, 2.24) is 0 Å². The Hall–Kier alpha value is -1.40. The minimum Gasteiger partial charge on any atom is -0.481 e. The minimum absolute atomic E-state index is 0.0702. The Balaban J connectivity index is 2.06.